The van der Waals surface area contributed by atoms with Crippen molar-refractivity contribution in [2.75, 3.05) is 0 Å². The predicted molar refractivity (Wildman–Crippen MR) is 60.3 cm³/mol. The summed E-state index contributed by atoms with van der Waals surface area (Å²) in [6.45, 7) is 0. The van der Waals surface area contributed by atoms with Gasteiger partial charge in [0.2, 0.25) is 0 Å². The Morgan fingerprint density at radius 2 is 1.75 bits per heavy atom. The van der Waals surface area contributed by atoms with Gasteiger partial charge >= 0.3 is 0 Å². The average molecular weight is 220 g/mol. The molecule has 86 valence electrons. The zero-order chi connectivity index (χ0) is 11.1. The average Bonchev–Trinajstić information content (AvgIpc) is 3.03. The molecule has 2 aliphatic carbocycles. The van der Waals surface area contributed by atoms with E-state index in [-0.39, 0.29) is 5.82 Å². The summed E-state index contributed by atoms with van der Waals surface area (Å²) in [7, 11) is 0. The van der Waals surface area contributed by atoms with Crippen LogP contribution in [0, 0.1) is 23.6 Å². The fourth-order valence-corrected chi connectivity index (χ4v) is 3.44. The fourth-order valence-electron chi connectivity index (χ4n) is 3.44. The number of hydrogen-bond donors (Lipinski definition) is 1. The van der Waals surface area contributed by atoms with Crippen molar-refractivity contribution in [2.24, 2.45) is 17.8 Å². The molecule has 1 aromatic rings. The summed E-state index contributed by atoms with van der Waals surface area (Å²) < 4.78 is 13.5. The van der Waals surface area contributed by atoms with Crippen LogP contribution in [0.25, 0.3) is 0 Å². The standard InChI is InChI=1S/C14H17FO/c15-12-8-4-3-7-11(12)14(16)13-9-5-1-2-6-10(9)13/h3-4,7-10,13-14,16H,1-2,5-6H2. The molecule has 0 amide bonds. The second kappa shape index (κ2) is 3.85. The highest BCUT2D eigenvalue weighted by Crippen LogP contribution is 2.60. The molecule has 1 N–H and O–H groups in total. The molecule has 3 rings (SSSR count). The van der Waals surface area contributed by atoms with Gasteiger partial charge in [-0.15, -0.1) is 0 Å². The maximum atomic E-state index is 13.5. The molecule has 2 saturated carbocycles. The van der Waals surface area contributed by atoms with Crippen molar-refractivity contribution in [3.63, 3.8) is 0 Å². The van der Waals surface area contributed by atoms with Gasteiger partial charge in [0.05, 0.1) is 6.10 Å². The molecular weight excluding hydrogens is 203 g/mol. The third kappa shape index (κ3) is 1.56. The molecule has 1 aromatic carbocycles. The Morgan fingerprint density at radius 3 is 2.38 bits per heavy atom. The summed E-state index contributed by atoms with van der Waals surface area (Å²) in [5.41, 5.74) is 0.488. The number of aliphatic hydroxyl groups excluding tert-OH is 1. The van der Waals surface area contributed by atoms with Crippen molar-refractivity contribution >= 4 is 0 Å². The van der Waals surface area contributed by atoms with Gasteiger partial charge in [0.25, 0.3) is 0 Å². The second-order valence-electron chi connectivity index (χ2n) is 5.16. The molecule has 2 aliphatic rings. The minimum Gasteiger partial charge on any atom is -0.388 e. The number of aliphatic hydroxyl groups is 1. The maximum absolute atomic E-state index is 13.5. The number of fused-ring (bicyclic) bond motifs is 1. The van der Waals surface area contributed by atoms with Crippen LogP contribution in [0.3, 0.4) is 0 Å². The van der Waals surface area contributed by atoms with Crippen LogP contribution in [0.4, 0.5) is 4.39 Å². The molecule has 16 heavy (non-hydrogen) atoms. The lowest BCUT2D eigenvalue weighted by molar-refractivity contribution is 0.138. The van der Waals surface area contributed by atoms with E-state index < -0.39 is 6.10 Å². The van der Waals surface area contributed by atoms with Gasteiger partial charge in [-0.1, -0.05) is 31.0 Å². The first kappa shape index (κ1) is 10.3. The number of rotatable bonds is 2. The molecule has 1 nitrogen and oxygen atoms in total. The van der Waals surface area contributed by atoms with Crippen LogP contribution in [0.1, 0.15) is 37.4 Å². The van der Waals surface area contributed by atoms with E-state index in [1.54, 1.807) is 18.2 Å². The topological polar surface area (TPSA) is 20.2 Å². The van der Waals surface area contributed by atoms with Gasteiger partial charge < -0.3 is 5.11 Å². The SMILES string of the molecule is OC(c1ccccc1F)C1C2CCCCC21. The second-order valence-corrected chi connectivity index (χ2v) is 5.16. The molecule has 3 atom stereocenters. The normalized spacial score (nSPS) is 34.2. The molecule has 0 aliphatic heterocycles. The van der Waals surface area contributed by atoms with E-state index in [9.17, 15) is 9.50 Å². The third-order valence-corrected chi connectivity index (χ3v) is 4.31. The largest absolute Gasteiger partial charge is 0.388 e. The summed E-state index contributed by atoms with van der Waals surface area (Å²) in [4.78, 5) is 0. The quantitative estimate of drug-likeness (QED) is 0.810. The zero-order valence-electron chi connectivity index (χ0n) is 9.27. The van der Waals surface area contributed by atoms with E-state index in [0.717, 1.165) is 0 Å². The van der Waals surface area contributed by atoms with Crippen LogP contribution in [-0.2, 0) is 0 Å². The molecule has 3 unspecified atom stereocenters. The van der Waals surface area contributed by atoms with Gasteiger partial charge in [0.1, 0.15) is 5.82 Å². The molecule has 0 radical (unpaired) electrons. The molecular formula is C14H17FO. The molecule has 2 heteroatoms. The van der Waals surface area contributed by atoms with E-state index in [4.69, 9.17) is 0 Å². The van der Waals surface area contributed by atoms with Gasteiger partial charge in [-0.05, 0) is 36.7 Å². The van der Waals surface area contributed by atoms with Crippen molar-refractivity contribution < 1.29 is 9.50 Å². The van der Waals surface area contributed by atoms with E-state index in [1.165, 1.54) is 31.7 Å². The van der Waals surface area contributed by atoms with Gasteiger partial charge in [-0.25, -0.2) is 4.39 Å². The summed E-state index contributed by atoms with van der Waals surface area (Å²) in [6, 6.07) is 6.62. The van der Waals surface area contributed by atoms with Gasteiger partial charge in [-0.3, -0.25) is 0 Å². The van der Waals surface area contributed by atoms with Crippen LogP contribution >= 0.6 is 0 Å². The fraction of sp³-hybridized carbons (Fsp3) is 0.571. The Bertz CT molecular complexity index is 378. The Morgan fingerprint density at radius 1 is 1.12 bits per heavy atom. The van der Waals surface area contributed by atoms with Crippen molar-refractivity contribution in [1.82, 2.24) is 0 Å². The summed E-state index contributed by atoms with van der Waals surface area (Å²) in [5.74, 6) is 1.37. The molecule has 0 saturated heterocycles. The number of halogens is 1. The predicted octanol–water partition coefficient (Wildman–Crippen LogP) is 3.30. The molecule has 0 spiro atoms. The first-order valence-electron chi connectivity index (χ1n) is 6.21. The van der Waals surface area contributed by atoms with E-state index in [1.807, 2.05) is 0 Å². The minimum atomic E-state index is -0.589. The molecule has 2 fully saturated rings. The number of hydrogen-bond acceptors (Lipinski definition) is 1. The maximum Gasteiger partial charge on any atom is 0.129 e. The highest BCUT2D eigenvalue weighted by Gasteiger charge is 2.54. The van der Waals surface area contributed by atoms with Crippen LogP contribution in [0.2, 0.25) is 0 Å². The third-order valence-electron chi connectivity index (χ3n) is 4.31. The van der Waals surface area contributed by atoms with Crippen molar-refractivity contribution in [3.8, 4) is 0 Å². The van der Waals surface area contributed by atoms with Crippen molar-refractivity contribution in [3.05, 3.63) is 35.6 Å². The monoisotopic (exact) mass is 220 g/mol. The summed E-state index contributed by atoms with van der Waals surface area (Å²) >= 11 is 0. The molecule has 0 bridgehead atoms. The van der Waals surface area contributed by atoms with Crippen LogP contribution in [0.5, 0.6) is 0 Å². The van der Waals surface area contributed by atoms with Crippen LogP contribution in [0.15, 0.2) is 24.3 Å². The summed E-state index contributed by atoms with van der Waals surface area (Å²) in [6.07, 6.45) is 4.42. The smallest absolute Gasteiger partial charge is 0.129 e. The minimum absolute atomic E-state index is 0.265. The Labute approximate surface area is 95.3 Å². The Hall–Kier alpha value is -0.890. The first-order valence-corrected chi connectivity index (χ1v) is 6.21. The highest BCUT2D eigenvalue weighted by molar-refractivity contribution is 5.23. The van der Waals surface area contributed by atoms with Gasteiger partial charge in [0, 0.05) is 5.56 Å². The van der Waals surface area contributed by atoms with Gasteiger partial charge in [0.15, 0.2) is 0 Å². The van der Waals surface area contributed by atoms with Crippen molar-refractivity contribution in [2.45, 2.75) is 31.8 Å². The summed E-state index contributed by atoms with van der Waals surface area (Å²) in [5, 5.41) is 10.2. The zero-order valence-corrected chi connectivity index (χ0v) is 9.27. The van der Waals surface area contributed by atoms with Crippen LogP contribution < -0.4 is 0 Å². The van der Waals surface area contributed by atoms with Crippen molar-refractivity contribution in [1.29, 1.82) is 0 Å². The molecule has 0 heterocycles. The molecule has 0 aromatic heterocycles. The first-order chi connectivity index (χ1) is 7.79. The lowest BCUT2D eigenvalue weighted by Crippen LogP contribution is -2.04. The number of benzene rings is 1. The lowest BCUT2D eigenvalue weighted by Gasteiger charge is -2.11. The van der Waals surface area contributed by atoms with Gasteiger partial charge in [-0.2, -0.15) is 0 Å². The lowest BCUT2D eigenvalue weighted by atomic mass is 10.0. The Balaban J connectivity index is 1.79. The van der Waals surface area contributed by atoms with E-state index >= 15 is 0 Å². The van der Waals surface area contributed by atoms with E-state index in [2.05, 4.69) is 0 Å². The van der Waals surface area contributed by atoms with Crippen LogP contribution in [-0.4, -0.2) is 5.11 Å². The van der Waals surface area contributed by atoms with E-state index in [0.29, 0.717) is 23.3 Å². The Kier molecular flexibility index (Phi) is 2.47. The highest BCUT2D eigenvalue weighted by atomic mass is 19.1.